The summed E-state index contributed by atoms with van der Waals surface area (Å²) in [5.74, 6) is -0.309. The van der Waals surface area contributed by atoms with Crippen molar-refractivity contribution in [3.05, 3.63) is 34.9 Å². The van der Waals surface area contributed by atoms with Crippen molar-refractivity contribution in [1.29, 1.82) is 0 Å². The third-order valence-electron chi connectivity index (χ3n) is 4.31. The van der Waals surface area contributed by atoms with Crippen molar-refractivity contribution in [2.24, 2.45) is 11.8 Å². The van der Waals surface area contributed by atoms with E-state index in [0.717, 1.165) is 30.8 Å². The Morgan fingerprint density at radius 2 is 2.00 bits per heavy atom. The molecule has 2 rings (SSSR count). The van der Waals surface area contributed by atoms with Crippen LogP contribution in [-0.2, 0) is 11.3 Å². The van der Waals surface area contributed by atoms with Gasteiger partial charge in [-0.05, 0) is 49.9 Å². The van der Waals surface area contributed by atoms with Crippen LogP contribution in [0.1, 0.15) is 31.7 Å². The lowest BCUT2D eigenvalue weighted by Crippen LogP contribution is -2.44. The molecule has 0 saturated heterocycles. The van der Waals surface area contributed by atoms with Gasteiger partial charge < -0.3 is 5.11 Å². The number of carboxylic acids is 1. The summed E-state index contributed by atoms with van der Waals surface area (Å²) in [6.45, 7) is 2.97. The second-order valence-corrected chi connectivity index (χ2v) is 6.41. The van der Waals surface area contributed by atoms with Gasteiger partial charge in [-0.3, -0.25) is 9.69 Å². The van der Waals surface area contributed by atoms with Gasteiger partial charge in [0.05, 0.1) is 5.92 Å². The highest BCUT2D eigenvalue weighted by atomic mass is 35.5. The standard InChI is InChI=1S/C16H22ClNO2/c1-11-3-8-14(16(19)20)15(9-11)18(2)10-12-4-6-13(17)7-5-12/h4-7,11,14-15H,3,8-10H2,1-2H3,(H,19,20). The SMILES string of the molecule is CC1CCC(C(=O)O)C(N(C)Cc2ccc(Cl)cc2)C1. The molecule has 1 saturated carbocycles. The van der Waals surface area contributed by atoms with E-state index in [9.17, 15) is 9.90 Å². The zero-order valence-corrected chi connectivity index (χ0v) is 12.8. The second kappa shape index (κ2) is 6.59. The lowest BCUT2D eigenvalue weighted by molar-refractivity contribution is -0.146. The van der Waals surface area contributed by atoms with Crippen molar-refractivity contribution in [2.75, 3.05) is 7.05 Å². The number of nitrogens with zero attached hydrogens (tertiary/aromatic N) is 1. The molecule has 0 radical (unpaired) electrons. The number of hydrogen-bond acceptors (Lipinski definition) is 2. The largest absolute Gasteiger partial charge is 0.481 e. The Morgan fingerprint density at radius 1 is 1.35 bits per heavy atom. The van der Waals surface area contributed by atoms with Gasteiger partial charge >= 0.3 is 5.97 Å². The molecule has 110 valence electrons. The lowest BCUT2D eigenvalue weighted by atomic mass is 9.78. The van der Waals surface area contributed by atoms with Crippen LogP contribution < -0.4 is 0 Å². The molecule has 0 bridgehead atoms. The molecule has 0 heterocycles. The molecule has 0 spiro atoms. The summed E-state index contributed by atoms with van der Waals surface area (Å²) in [6.07, 6.45) is 2.76. The number of rotatable bonds is 4. The van der Waals surface area contributed by atoms with E-state index in [-0.39, 0.29) is 12.0 Å². The molecule has 1 fully saturated rings. The predicted molar refractivity (Wildman–Crippen MR) is 80.8 cm³/mol. The summed E-state index contributed by atoms with van der Waals surface area (Å²) in [5, 5.41) is 10.1. The van der Waals surface area contributed by atoms with E-state index in [2.05, 4.69) is 11.8 Å². The molecule has 4 heteroatoms. The number of hydrogen-bond donors (Lipinski definition) is 1. The predicted octanol–water partition coefficient (Wildman–Crippen LogP) is 3.66. The van der Waals surface area contributed by atoms with Crippen molar-refractivity contribution in [3.8, 4) is 0 Å². The van der Waals surface area contributed by atoms with E-state index < -0.39 is 5.97 Å². The lowest BCUT2D eigenvalue weighted by Gasteiger charge is -2.38. The van der Waals surface area contributed by atoms with Crippen LogP contribution in [0.25, 0.3) is 0 Å². The van der Waals surface area contributed by atoms with Gasteiger partial charge in [-0.25, -0.2) is 0 Å². The maximum Gasteiger partial charge on any atom is 0.308 e. The monoisotopic (exact) mass is 295 g/mol. The number of aliphatic carboxylic acids is 1. The molecule has 0 amide bonds. The molecule has 1 aliphatic carbocycles. The van der Waals surface area contributed by atoms with Crippen molar-refractivity contribution in [1.82, 2.24) is 4.90 Å². The first-order chi connectivity index (χ1) is 9.47. The minimum atomic E-state index is -0.662. The Balaban J connectivity index is 2.06. The van der Waals surface area contributed by atoms with Gasteiger partial charge in [-0.15, -0.1) is 0 Å². The van der Waals surface area contributed by atoms with Gasteiger partial charge in [0, 0.05) is 17.6 Å². The Kier molecular flexibility index (Phi) is 5.06. The number of carboxylic acid groups (broad SMARTS) is 1. The van der Waals surface area contributed by atoms with Crippen molar-refractivity contribution < 1.29 is 9.90 Å². The van der Waals surface area contributed by atoms with Crippen molar-refractivity contribution >= 4 is 17.6 Å². The number of halogens is 1. The third kappa shape index (κ3) is 3.74. The van der Waals surface area contributed by atoms with Gasteiger partial charge in [0.15, 0.2) is 0 Å². The Bertz CT molecular complexity index is 460. The minimum Gasteiger partial charge on any atom is -0.481 e. The van der Waals surface area contributed by atoms with Crippen LogP contribution in [-0.4, -0.2) is 29.1 Å². The quantitative estimate of drug-likeness (QED) is 0.921. The average molecular weight is 296 g/mol. The molecular weight excluding hydrogens is 274 g/mol. The van der Waals surface area contributed by atoms with Gasteiger partial charge in [0.1, 0.15) is 0 Å². The fraction of sp³-hybridized carbons (Fsp3) is 0.562. The molecule has 20 heavy (non-hydrogen) atoms. The molecule has 0 aliphatic heterocycles. The smallest absolute Gasteiger partial charge is 0.308 e. The average Bonchev–Trinajstić information content (AvgIpc) is 2.41. The Labute approximate surface area is 125 Å². The zero-order valence-electron chi connectivity index (χ0n) is 12.1. The second-order valence-electron chi connectivity index (χ2n) is 5.97. The molecule has 3 unspecified atom stereocenters. The van der Waals surface area contributed by atoms with E-state index in [0.29, 0.717) is 5.92 Å². The van der Waals surface area contributed by atoms with E-state index >= 15 is 0 Å². The summed E-state index contributed by atoms with van der Waals surface area (Å²) in [7, 11) is 2.02. The van der Waals surface area contributed by atoms with Crippen LogP contribution in [0.2, 0.25) is 5.02 Å². The topological polar surface area (TPSA) is 40.5 Å². The van der Waals surface area contributed by atoms with Crippen molar-refractivity contribution in [3.63, 3.8) is 0 Å². The van der Waals surface area contributed by atoms with Crippen LogP contribution in [0.4, 0.5) is 0 Å². The molecule has 3 nitrogen and oxygen atoms in total. The first-order valence-electron chi connectivity index (χ1n) is 7.15. The Morgan fingerprint density at radius 3 is 2.60 bits per heavy atom. The summed E-state index contributed by atoms with van der Waals surface area (Å²) in [5.41, 5.74) is 1.17. The highest BCUT2D eigenvalue weighted by Crippen LogP contribution is 2.32. The molecular formula is C16H22ClNO2. The first-order valence-corrected chi connectivity index (χ1v) is 7.52. The number of carbonyl (C=O) groups is 1. The van der Waals surface area contributed by atoms with Crippen LogP contribution in [0.3, 0.4) is 0 Å². The van der Waals surface area contributed by atoms with Crippen LogP contribution in [0.15, 0.2) is 24.3 Å². The Hall–Kier alpha value is -1.06. The van der Waals surface area contributed by atoms with Crippen LogP contribution in [0, 0.1) is 11.8 Å². The van der Waals surface area contributed by atoms with E-state index in [1.54, 1.807) is 0 Å². The van der Waals surface area contributed by atoms with E-state index in [1.807, 2.05) is 31.3 Å². The fourth-order valence-electron chi connectivity index (χ4n) is 3.12. The molecule has 1 N–H and O–H groups in total. The summed E-state index contributed by atoms with van der Waals surface area (Å²) in [6, 6.07) is 7.87. The van der Waals surface area contributed by atoms with Gasteiger partial charge in [-0.2, -0.15) is 0 Å². The molecule has 1 aromatic carbocycles. The molecule has 3 atom stereocenters. The third-order valence-corrected chi connectivity index (χ3v) is 4.56. The highest BCUT2D eigenvalue weighted by Gasteiger charge is 2.35. The van der Waals surface area contributed by atoms with Gasteiger partial charge in [-0.1, -0.05) is 30.7 Å². The zero-order chi connectivity index (χ0) is 14.7. The molecule has 1 aromatic rings. The van der Waals surface area contributed by atoms with E-state index in [4.69, 9.17) is 11.6 Å². The maximum absolute atomic E-state index is 11.4. The van der Waals surface area contributed by atoms with Gasteiger partial charge in [0.25, 0.3) is 0 Å². The summed E-state index contributed by atoms with van der Waals surface area (Å²) < 4.78 is 0. The first kappa shape index (κ1) is 15.3. The fourth-order valence-corrected chi connectivity index (χ4v) is 3.25. The van der Waals surface area contributed by atoms with E-state index in [1.165, 1.54) is 5.56 Å². The minimum absolute atomic E-state index is 0.118. The maximum atomic E-state index is 11.4. The molecule has 1 aliphatic rings. The van der Waals surface area contributed by atoms with Crippen LogP contribution in [0.5, 0.6) is 0 Å². The normalized spacial score (nSPS) is 26.7. The summed E-state index contributed by atoms with van der Waals surface area (Å²) >= 11 is 5.89. The van der Waals surface area contributed by atoms with Gasteiger partial charge in [0.2, 0.25) is 0 Å². The van der Waals surface area contributed by atoms with Crippen LogP contribution >= 0.6 is 11.6 Å². The molecule has 0 aromatic heterocycles. The summed E-state index contributed by atoms with van der Waals surface area (Å²) in [4.78, 5) is 13.6. The van der Waals surface area contributed by atoms with Crippen molar-refractivity contribution in [2.45, 2.75) is 38.8 Å². The highest BCUT2D eigenvalue weighted by molar-refractivity contribution is 6.30. The number of benzene rings is 1.